The number of carbonyl (C=O) groups is 1. The highest BCUT2D eigenvalue weighted by Gasteiger charge is 2.32. The first kappa shape index (κ1) is 26.5. The van der Waals surface area contributed by atoms with Gasteiger partial charge < -0.3 is 10.1 Å². The highest BCUT2D eigenvalue weighted by atomic mass is 32.2. The second-order valence-corrected chi connectivity index (χ2v) is 12.6. The van der Waals surface area contributed by atoms with Crippen LogP contribution in [0, 0.1) is 0 Å². The van der Waals surface area contributed by atoms with Gasteiger partial charge in [0.1, 0.15) is 0 Å². The van der Waals surface area contributed by atoms with Crippen molar-refractivity contribution < 1.29 is 17.9 Å². The van der Waals surface area contributed by atoms with Gasteiger partial charge in [0.15, 0.2) is 10.1 Å². The number of rotatable bonds is 10. The smallest absolute Gasteiger partial charge is 0.243 e. The van der Waals surface area contributed by atoms with Gasteiger partial charge in [-0.1, -0.05) is 77.7 Å². The number of aromatic nitrogens is 2. The number of morpholine rings is 1. The van der Waals surface area contributed by atoms with Crippen LogP contribution in [0.5, 0.6) is 0 Å². The van der Waals surface area contributed by atoms with Gasteiger partial charge in [-0.2, -0.15) is 4.31 Å². The van der Waals surface area contributed by atoms with E-state index in [4.69, 9.17) is 4.74 Å². The topological polar surface area (TPSA) is 101 Å². The molecule has 2 aromatic carbocycles. The highest BCUT2D eigenvalue weighted by molar-refractivity contribution is 8.01. The summed E-state index contributed by atoms with van der Waals surface area (Å²) < 4.78 is 34.2. The van der Waals surface area contributed by atoms with Crippen LogP contribution in [-0.2, 0) is 14.8 Å². The monoisotopic (exact) mass is 544 g/mol. The molecule has 4 rings (SSSR count). The summed E-state index contributed by atoms with van der Waals surface area (Å²) >= 11 is 2.93. The van der Waals surface area contributed by atoms with Crippen LogP contribution in [-0.4, -0.2) is 66.3 Å². The molecule has 2 heterocycles. The summed E-state index contributed by atoms with van der Waals surface area (Å²) in [7, 11) is -3.72. The van der Waals surface area contributed by atoms with Crippen LogP contribution < -0.4 is 5.32 Å². The molecule has 0 spiro atoms. The SMILES string of the molecule is CC1CN(S(=O)(=O)c2cccc(C(=O)CNc3nnc(SC/C=C/c4ccccc4)s3)c2)CC(C)O1. The predicted molar refractivity (Wildman–Crippen MR) is 144 cm³/mol. The first-order valence-corrected chi connectivity index (χ1v) is 14.8. The number of sulfonamides is 1. The van der Waals surface area contributed by atoms with E-state index in [1.165, 1.54) is 27.8 Å². The van der Waals surface area contributed by atoms with Crippen LogP contribution in [0.1, 0.15) is 29.8 Å². The van der Waals surface area contributed by atoms with Gasteiger partial charge >= 0.3 is 0 Å². The molecule has 8 nitrogen and oxygen atoms in total. The third-order valence-corrected chi connectivity index (χ3v) is 9.19. The van der Waals surface area contributed by atoms with Crippen molar-refractivity contribution in [1.29, 1.82) is 0 Å². The van der Waals surface area contributed by atoms with Crippen molar-refractivity contribution in [3.05, 3.63) is 71.8 Å². The van der Waals surface area contributed by atoms with Crippen molar-refractivity contribution in [2.75, 3.05) is 30.7 Å². The van der Waals surface area contributed by atoms with E-state index < -0.39 is 10.0 Å². The van der Waals surface area contributed by atoms with Gasteiger partial charge in [0, 0.05) is 24.4 Å². The molecule has 1 N–H and O–H groups in total. The number of nitrogens with zero attached hydrogens (tertiary/aromatic N) is 3. The Morgan fingerprint density at radius 3 is 2.64 bits per heavy atom. The number of hydrogen-bond donors (Lipinski definition) is 1. The lowest BCUT2D eigenvalue weighted by atomic mass is 10.1. The fraction of sp³-hybridized carbons (Fsp3) is 0.320. The van der Waals surface area contributed by atoms with Gasteiger partial charge in [0.2, 0.25) is 15.2 Å². The molecule has 36 heavy (non-hydrogen) atoms. The maximum absolute atomic E-state index is 13.1. The lowest BCUT2D eigenvalue weighted by molar-refractivity contribution is -0.0440. The quantitative estimate of drug-likeness (QED) is 0.295. The Morgan fingerprint density at radius 1 is 1.14 bits per heavy atom. The number of nitrogens with one attached hydrogen (secondary N) is 1. The third kappa shape index (κ3) is 7.01. The maximum Gasteiger partial charge on any atom is 0.243 e. The van der Waals surface area contributed by atoms with E-state index >= 15 is 0 Å². The van der Waals surface area contributed by atoms with Gasteiger partial charge in [-0.15, -0.1) is 10.2 Å². The van der Waals surface area contributed by atoms with Crippen molar-refractivity contribution in [2.45, 2.75) is 35.3 Å². The van der Waals surface area contributed by atoms with E-state index in [2.05, 4.69) is 27.7 Å². The van der Waals surface area contributed by atoms with Crippen LogP contribution in [0.15, 0.2) is 69.9 Å². The van der Waals surface area contributed by atoms with Gasteiger partial charge in [0.25, 0.3) is 0 Å². The molecule has 1 aromatic heterocycles. The van der Waals surface area contributed by atoms with E-state index in [1.807, 2.05) is 44.2 Å². The third-order valence-electron chi connectivity index (χ3n) is 5.40. The van der Waals surface area contributed by atoms with Gasteiger partial charge in [-0.05, 0) is 31.5 Å². The Hall–Kier alpha value is -2.57. The van der Waals surface area contributed by atoms with Crippen LogP contribution in [0.25, 0.3) is 6.08 Å². The van der Waals surface area contributed by atoms with E-state index in [0.29, 0.717) is 10.7 Å². The summed E-state index contributed by atoms with van der Waals surface area (Å²) in [5.41, 5.74) is 1.46. The largest absolute Gasteiger partial charge is 0.373 e. The molecule has 1 aliphatic rings. The number of carbonyl (C=O) groups excluding carboxylic acids is 1. The molecule has 0 bridgehead atoms. The summed E-state index contributed by atoms with van der Waals surface area (Å²) in [6.07, 6.45) is 3.75. The number of ether oxygens (including phenoxy) is 1. The lowest BCUT2D eigenvalue weighted by Gasteiger charge is -2.34. The molecule has 1 aliphatic heterocycles. The minimum atomic E-state index is -3.72. The fourth-order valence-corrected chi connectivity index (χ4v) is 6.99. The van der Waals surface area contributed by atoms with Crippen LogP contribution in [0.3, 0.4) is 0 Å². The number of anilines is 1. The molecule has 0 radical (unpaired) electrons. The second-order valence-electron chi connectivity index (χ2n) is 8.38. The summed E-state index contributed by atoms with van der Waals surface area (Å²) in [6, 6.07) is 16.2. The van der Waals surface area contributed by atoms with Crippen LogP contribution in [0.4, 0.5) is 5.13 Å². The van der Waals surface area contributed by atoms with Gasteiger partial charge in [-0.3, -0.25) is 4.79 Å². The van der Waals surface area contributed by atoms with E-state index in [9.17, 15) is 13.2 Å². The summed E-state index contributed by atoms with van der Waals surface area (Å²) in [6.45, 7) is 4.26. The second kappa shape index (κ2) is 12.1. The number of hydrogen-bond acceptors (Lipinski definition) is 9. The van der Waals surface area contributed by atoms with Crippen LogP contribution in [0.2, 0.25) is 0 Å². The lowest BCUT2D eigenvalue weighted by Crippen LogP contribution is -2.48. The number of ketones is 1. The van der Waals surface area contributed by atoms with Crippen molar-refractivity contribution in [3.63, 3.8) is 0 Å². The van der Waals surface area contributed by atoms with Crippen molar-refractivity contribution in [3.8, 4) is 0 Å². The minimum absolute atomic E-state index is 0.0116. The Kier molecular flexibility index (Phi) is 8.91. The fourth-order valence-electron chi connectivity index (χ4n) is 3.77. The molecule has 3 aromatic rings. The summed E-state index contributed by atoms with van der Waals surface area (Å²) in [4.78, 5) is 12.9. The van der Waals surface area contributed by atoms with Crippen LogP contribution >= 0.6 is 23.1 Å². The molecule has 190 valence electrons. The molecule has 11 heteroatoms. The zero-order valence-electron chi connectivity index (χ0n) is 20.0. The molecule has 0 aliphatic carbocycles. The highest BCUT2D eigenvalue weighted by Crippen LogP contribution is 2.26. The molecule has 1 saturated heterocycles. The molecular weight excluding hydrogens is 517 g/mol. The Balaban J connectivity index is 1.31. The van der Waals surface area contributed by atoms with Crippen molar-refractivity contribution in [1.82, 2.24) is 14.5 Å². The van der Waals surface area contributed by atoms with Gasteiger partial charge in [-0.25, -0.2) is 8.42 Å². The Bertz CT molecular complexity index is 1300. The first-order chi connectivity index (χ1) is 17.3. The normalized spacial score (nSPS) is 18.9. The van der Waals surface area contributed by atoms with Crippen molar-refractivity contribution in [2.24, 2.45) is 0 Å². The predicted octanol–water partition coefficient (Wildman–Crippen LogP) is 4.44. The first-order valence-electron chi connectivity index (χ1n) is 11.5. The molecule has 1 fully saturated rings. The number of thioether (sulfide) groups is 1. The minimum Gasteiger partial charge on any atom is -0.373 e. The number of Topliss-reactive ketones (excluding diaryl/α,β-unsaturated/α-hetero) is 1. The zero-order valence-corrected chi connectivity index (χ0v) is 22.5. The molecule has 2 unspecified atom stereocenters. The number of benzene rings is 2. The van der Waals surface area contributed by atoms with Gasteiger partial charge in [0.05, 0.1) is 23.6 Å². The Morgan fingerprint density at radius 2 is 1.89 bits per heavy atom. The molecular formula is C25H28N4O4S3. The van der Waals surface area contributed by atoms with E-state index in [-0.39, 0.29) is 42.5 Å². The maximum atomic E-state index is 13.1. The average Bonchev–Trinajstić information content (AvgIpc) is 3.33. The molecule has 0 amide bonds. The zero-order chi connectivity index (χ0) is 25.5. The summed E-state index contributed by atoms with van der Waals surface area (Å²) in [5.74, 6) is 0.524. The Labute approximate surface area is 219 Å². The summed E-state index contributed by atoms with van der Waals surface area (Å²) in [5, 5.41) is 11.8. The van der Waals surface area contributed by atoms with Crippen molar-refractivity contribution >= 4 is 50.1 Å². The average molecular weight is 545 g/mol. The molecule has 2 atom stereocenters. The van der Waals surface area contributed by atoms with E-state index in [0.717, 1.165) is 15.7 Å². The standard InChI is InChI=1S/C25H28N4O4S3/c1-18-16-29(17-19(2)33-18)36(31,32)22-12-6-11-21(14-22)23(30)15-26-24-27-28-25(35-24)34-13-7-10-20-8-4-3-5-9-20/h3-12,14,18-19H,13,15-17H2,1-2H3,(H,26,27)/b10-7+. The van der Waals surface area contributed by atoms with E-state index in [1.54, 1.807) is 23.9 Å². The molecule has 0 saturated carbocycles.